The van der Waals surface area contributed by atoms with E-state index in [1.807, 2.05) is 0 Å². The molecule has 0 aromatic rings. The molecular weight excluding hydrogens is 400 g/mol. The lowest BCUT2D eigenvalue weighted by Crippen LogP contribution is -2.44. The second kappa shape index (κ2) is 14.3. The van der Waals surface area contributed by atoms with E-state index in [1.54, 1.807) is 0 Å². The van der Waals surface area contributed by atoms with Gasteiger partial charge in [0.05, 0.1) is 13.2 Å². The Labute approximate surface area is 190 Å². The molecule has 5 nitrogen and oxygen atoms in total. The van der Waals surface area contributed by atoms with Crippen LogP contribution in [0.25, 0.3) is 0 Å². The molecule has 0 aromatic carbocycles. The molecule has 1 heterocycles. The average Bonchev–Trinajstić information content (AvgIpc) is 3.44. The topological polar surface area (TPSA) is 65.1 Å². The molecule has 1 saturated carbocycles. The van der Waals surface area contributed by atoms with Crippen LogP contribution in [0, 0.1) is 0 Å². The SMILES string of the molecule is CCCCCCCCOC(=O)C12CCCCC1(C(=O)OCCCCCCCC)O2.S. The summed E-state index contributed by atoms with van der Waals surface area (Å²) in [7, 11) is 0. The minimum atomic E-state index is -1.08. The predicted octanol–water partition coefficient (Wildman–Crippen LogP) is 5.99. The Morgan fingerprint density at radius 2 is 1.03 bits per heavy atom. The molecule has 2 rings (SSSR count). The fourth-order valence-electron chi connectivity index (χ4n) is 4.47. The van der Waals surface area contributed by atoms with Gasteiger partial charge in [0.15, 0.2) is 0 Å². The Balaban J connectivity index is 0.00000450. The molecule has 0 radical (unpaired) electrons. The standard InChI is InChI=1S/C24H42O5.H2S/c1-3-5-7-9-11-15-19-27-21(25)23-17-13-14-18-24(23,29-23)22(26)28-20-16-12-10-8-6-4-2;/h3-20H2,1-2H3;1H2. The number of hydrogen-bond acceptors (Lipinski definition) is 5. The van der Waals surface area contributed by atoms with Gasteiger partial charge in [0.2, 0.25) is 11.2 Å². The van der Waals surface area contributed by atoms with Crippen molar-refractivity contribution in [3.05, 3.63) is 0 Å². The summed E-state index contributed by atoms with van der Waals surface area (Å²) in [4.78, 5) is 25.5. The highest BCUT2D eigenvalue weighted by Crippen LogP contribution is 2.58. The maximum absolute atomic E-state index is 12.7. The van der Waals surface area contributed by atoms with Gasteiger partial charge in [0.25, 0.3) is 0 Å². The van der Waals surface area contributed by atoms with Gasteiger partial charge in [-0.2, -0.15) is 13.5 Å². The van der Waals surface area contributed by atoms with Crippen LogP contribution >= 0.6 is 13.5 Å². The highest BCUT2D eigenvalue weighted by molar-refractivity contribution is 7.59. The second-order valence-corrected chi connectivity index (χ2v) is 8.77. The molecule has 2 atom stereocenters. The van der Waals surface area contributed by atoms with Crippen LogP contribution in [0.2, 0.25) is 0 Å². The monoisotopic (exact) mass is 444 g/mol. The van der Waals surface area contributed by atoms with Crippen LogP contribution in [0.1, 0.15) is 117 Å². The number of carbonyl (C=O) groups is 2. The van der Waals surface area contributed by atoms with Crippen LogP contribution in [-0.2, 0) is 23.8 Å². The van der Waals surface area contributed by atoms with Crippen molar-refractivity contribution >= 4 is 25.4 Å². The largest absolute Gasteiger partial charge is 0.463 e. The molecule has 1 saturated heterocycles. The number of hydrogen-bond donors (Lipinski definition) is 0. The zero-order valence-corrected chi connectivity index (χ0v) is 20.3. The van der Waals surface area contributed by atoms with Gasteiger partial charge in [0.1, 0.15) is 0 Å². The molecule has 0 amide bonds. The van der Waals surface area contributed by atoms with Crippen LogP contribution in [0.4, 0.5) is 0 Å². The van der Waals surface area contributed by atoms with Gasteiger partial charge in [-0.1, -0.05) is 78.1 Å². The summed E-state index contributed by atoms with van der Waals surface area (Å²) in [6.07, 6.45) is 16.6. The third kappa shape index (κ3) is 7.15. The van der Waals surface area contributed by atoms with Crippen LogP contribution in [0.15, 0.2) is 0 Å². The maximum atomic E-state index is 12.7. The van der Waals surface area contributed by atoms with Gasteiger partial charge >= 0.3 is 11.9 Å². The van der Waals surface area contributed by atoms with E-state index in [9.17, 15) is 9.59 Å². The lowest BCUT2D eigenvalue weighted by Gasteiger charge is -2.22. The first-order valence-electron chi connectivity index (χ1n) is 12.2. The van der Waals surface area contributed by atoms with Crippen LogP contribution in [-0.4, -0.2) is 36.4 Å². The van der Waals surface area contributed by atoms with Crippen molar-refractivity contribution in [1.29, 1.82) is 0 Å². The number of ether oxygens (including phenoxy) is 3. The third-order valence-electron chi connectivity index (χ3n) is 6.39. The first kappa shape index (κ1) is 27.3. The number of fused-ring (bicyclic) bond motifs is 1. The average molecular weight is 445 g/mol. The van der Waals surface area contributed by atoms with E-state index in [-0.39, 0.29) is 25.4 Å². The van der Waals surface area contributed by atoms with E-state index in [2.05, 4.69) is 13.8 Å². The molecule has 30 heavy (non-hydrogen) atoms. The lowest BCUT2D eigenvalue weighted by molar-refractivity contribution is -0.155. The number of unbranched alkanes of at least 4 members (excludes halogenated alkanes) is 10. The molecule has 0 aromatic heterocycles. The third-order valence-corrected chi connectivity index (χ3v) is 6.39. The van der Waals surface area contributed by atoms with Crippen molar-refractivity contribution in [1.82, 2.24) is 0 Å². The van der Waals surface area contributed by atoms with Crippen molar-refractivity contribution in [3.63, 3.8) is 0 Å². The van der Waals surface area contributed by atoms with Crippen LogP contribution in [0.5, 0.6) is 0 Å². The van der Waals surface area contributed by atoms with Crippen LogP contribution < -0.4 is 0 Å². The summed E-state index contributed by atoms with van der Waals surface area (Å²) >= 11 is 0. The van der Waals surface area contributed by atoms with Crippen LogP contribution in [0.3, 0.4) is 0 Å². The van der Waals surface area contributed by atoms with Gasteiger partial charge in [-0.3, -0.25) is 0 Å². The van der Waals surface area contributed by atoms with E-state index in [0.29, 0.717) is 26.1 Å². The molecule has 0 N–H and O–H groups in total. The molecule has 2 fully saturated rings. The first-order valence-corrected chi connectivity index (χ1v) is 12.2. The highest BCUT2D eigenvalue weighted by Gasteiger charge is 2.81. The summed E-state index contributed by atoms with van der Waals surface area (Å²) in [5.41, 5.74) is -2.16. The van der Waals surface area contributed by atoms with Gasteiger partial charge in [-0.05, 0) is 38.5 Å². The summed E-state index contributed by atoms with van der Waals surface area (Å²) in [6.45, 7) is 5.23. The second-order valence-electron chi connectivity index (χ2n) is 8.77. The molecule has 0 bridgehead atoms. The number of epoxide rings is 1. The van der Waals surface area contributed by atoms with Gasteiger partial charge in [-0.15, -0.1) is 0 Å². The van der Waals surface area contributed by atoms with Crippen molar-refractivity contribution < 1.29 is 23.8 Å². The summed E-state index contributed by atoms with van der Waals surface area (Å²) in [5, 5.41) is 0. The van der Waals surface area contributed by atoms with Gasteiger partial charge in [-0.25, -0.2) is 9.59 Å². The Bertz CT molecular complexity index is 468. The zero-order chi connectivity index (χ0) is 21.0. The van der Waals surface area contributed by atoms with E-state index in [0.717, 1.165) is 38.5 Å². The molecule has 1 aliphatic carbocycles. The summed E-state index contributed by atoms with van der Waals surface area (Å²) < 4.78 is 16.9. The molecule has 6 heteroatoms. The fraction of sp³-hybridized carbons (Fsp3) is 0.917. The van der Waals surface area contributed by atoms with Gasteiger partial charge in [0, 0.05) is 0 Å². The Kier molecular flexibility index (Phi) is 13.0. The normalized spacial score (nSPS) is 24.5. The van der Waals surface area contributed by atoms with E-state index in [1.165, 1.54) is 51.4 Å². The quantitative estimate of drug-likeness (QED) is 0.166. The Morgan fingerprint density at radius 1 is 0.667 bits per heavy atom. The fourth-order valence-corrected chi connectivity index (χ4v) is 4.47. The minimum absolute atomic E-state index is 0. The minimum Gasteiger partial charge on any atom is -0.463 e. The lowest BCUT2D eigenvalue weighted by atomic mass is 9.79. The number of rotatable bonds is 16. The Hall–Kier alpha value is -0.750. The summed E-state index contributed by atoms with van der Waals surface area (Å²) in [6, 6.07) is 0. The maximum Gasteiger partial charge on any atom is 0.342 e. The van der Waals surface area contributed by atoms with Crippen molar-refractivity contribution in [2.75, 3.05) is 13.2 Å². The zero-order valence-electron chi connectivity index (χ0n) is 19.3. The van der Waals surface area contributed by atoms with E-state index < -0.39 is 11.2 Å². The molecule has 176 valence electrons. The highest BCUT2D eigenvalue weighted by atomic mass is 32.1. The van der Waals surface area contributed by atoms with Crippen molar-refractivity contribution in [3.8, 4) is 0 Å². The van der Waals surface area contributed by atoms with Crippen molar-refractivity contribution in [2.45, 2.75) is 128 Å². The Morgan fingerprint density at radius 3 is 1.43 bits per heavy atom. The molecule has 1 aliphatic heterocycles. The first-order chi connectivity index (χ1) is 14.1. The van der Waals surface area contributed by atoms with Crippen molar-refractivity contribution in [2.24, 2.45) is 0 Å². The van der Waals surface area contributed by atoms with E-state index in [4.69, 9.17) is 14.2 Å². The molecule has 0 spiro atoms. The number of carbonyl (C=O) groups excluding carboxylic acids is 2. The van der Waals surface area contributed by atoms with Gasteiger partial charge < -0.3 is 14.2 Å². The smallest absolute Gasteiger partial charge is 0.342 e. The number of esters is 2. The van der Waals surface area contributed by atoms with E-state index >= 15 is 0 Å². The molecule has 2 aliphatic rings. The predicted molar refractivity (Wildman–Crippen MR) is 124 cm³/mol. The summed E-state index contributed by atoms with van der Waals surface area (Å²) in [5.74, 6) is -0.718. The molecular formula is C24H44O5S. The molecule has 2 unspecified atom stereocenters.